The first-order valence-corrected chi connectivity index (χ1v) is 7.08. The van der Waals surface area contributed by atoms with Crippen LogP contribution in [-0.2, 0) is 7.05 Å². The standard InChI is InChI=1S/C12H15N5OS/c1-16-6-2-4-9(16)10-5-3-7-17(10)12(18)14-11-15-13-8-19-11/h2,4,6,8,10H,3,5,7H2,1H3,(H,14,15,18)/t10-/m0/s1. The van der Waals surface area contributed by atoms with Gasteiger partial charge < -0.3 is 9.47 Å². The Morgan fingerprint density at radius 1 is 1.58 bits per heavy atom. The number of aryl methyl sites for hydroxylation is 1. The predicted molar refractivity (Wildman–Crippen MR) is 73.0 cm³/mol. The van der Waals surface area contributed by atoms with Crippen molar-refractivity contribution >= 4 is 22.5 Å². The van der Waals surface area contributed by atoms with Crippen LogP contribution in [0.3, 0.4) is 0 Å². The number of aromatic nitrogens is 3. The van der Waals surface area contributed by atoms with Crippen LogP contribution in [0.5, 0.6) is 0 Å². The lowest BCUT2D eigenvalue weighted by Gasteiger charge is -2.25. The van der Waals surface area contributed by atoms with Crippen LogP contribution >= 0.6 is 11.3 Å². The lowest BCUT2D eigenvalue weighted by atomic mass is 10.1. The molecule has 0 radical (unpaired) electrons. The van der Waals surface area contributed by atoms with E-state index in [9.17, 15) is 4.79 Å². The van der Waals surface area contributed by atoms with Crippen LogP contribution in [0.15, 0.2) is 23.8 Å². The van der Waals surface area contributed by atoms with Crippen molar-refractivity contribution in [1.82, 2.24) is 19.7 Å². The van der Waals surface area contributed by atoms with Gasteiger partial charge in [-0.25, -0.2) is 4.79 Å². The number of nitrogens with one attached hydrogen (secondary N) is 1. The highest BCUT2D eigenvalue weighted by Gasteiger charge is 2.31. The molecule has 0 aliphatic carbocycles. The van der Waals surface area contributed by atoms with Gasteiger partial charge in [-0.3, -0.25) is 5.32 Å². The molecule has 2 amide bonds. The number of rotatable bonds is 2. The molecular weight excluding hydrogens is 262 g/mol. The van der Waals surface area contributed by atoms with E-state index >= 15 is 0 Å². The fourth-order valence-electron chi connectivity index (χ4n) is 2.53. The second-order valence-electron chi connectivity index (χ2n) is 4.57. The zero-order valence-electron chi connectivity index (χ0n) is 10.6. The molecule has 3 heterocycles. The number of amides is 2. The first-order chi connectivity index (χ1) is 9.25. The third-order valence-electron chi connectivity index (χ3n) is 3.41. The largest absolute Gasteiger partial charge is 0.353 e. The third-order valence-corrected chi connectivity index (χ3v) is 4.02. The number of nitrogens with zero attached hydrogens (tertiary/aromatic N) is 4. The van der Waals surface area contributed by atoms with Gasteiger partial charge >= 0.3 is 6.03 Å². The van der Waals surface area contributed by atoms with Crippen molar-refractivity contribution in [3.05, 3.63) is 29.5 Å². The van der Waals surface area contributed by atoms with Gasteiger partial charge in [0.25, 0.3) is 0 Å². The Morgan fingerprint density at radius 3 is 3.16 bits per heavy atom. The molecule has 0 bridgehead atoms. The number of carbonyl (C=O) groups is 1. The summed E-state index contributed by atoms with van der Waals surface area (Å²) in [5.74, 6) is 0. The summed E-state index contributed by atoms with van der Waals surface area (Å²) in [6, 6.07) is 4.13. The van der Waals surface area contributed by atoms with Gasteiger partial charge in [-0.15, -0.1) is 10.2 Å². The van der Waals surface area contributed by atoms with Crippen molar-refractivity contribution in [3.63, 3.8) is 0 Å². The molecule has 2 aromatic heterocycles. The van der Waals surface area contributed by atoms with Crippen LogP contribution in [0.1, 0.15) is 24.6 Å². The molecule has 19 heavy (non-hydrogen) atoms. The SMILES string of the molecule is Cn1cccc1[C@@H]1CCCN1C(=O)Nc1nncs1. The lowest BCUT2D eigenvalue weighted by Crippen LogP contribution is -2.35. The molecule has 2 aromatic rings. The maximum Gasteiger partial charge on any atom is 0.324 e. The van der Waals surface area contributed by atoms with E-state index in [1.807, 2.05) is 24.2 Å². The van der Waals surface area contributed by atoms with Gasteiger partial charge in [-0.05, 0) is 25.0 Å². The van der Waals surface area contributed by atoms with Gasteiger partial charge in [0.15, 0.2) is 0 Å². The third kappa shape index (κ3) is 2.33. The first-order valence-electron chi connectivity index (χ1n) is 6.21. The van der Waals surface area contributed by atoms with Crippen molar-refractivity contribution in [1.29, 1.82) is 0 Å². The van der Waals surface area contributed by atoms with E-state index in [4.69, 9.17) is 0 Å². The Kier molecular flexibility index (Phi) is 3.20. The van der Waals surface area contributed by atoms with Crippen LogP contribution < -0.4 is 5.32 Å². The van der Waals surface area contributed by atoms with Crippen molar-refractivity contribution in [2.45, 2.75) is 18.9 Å². The molecule has 0 aromatic carbocycles. The van der Waals surface area contributed by atoms with E-state index in [0.29, 0.717) is 5.13 Å². The Balaban J connectivity index is 1.76. The fraction of sp³-hybridized carbons (Fsp3) is 0.417. The molecule has 100 valence electrons. The summed E-state index contributed by atoms with van der Waals surface area (Å²) in [7, 11) is 2.01. The van der Waals surface area contributed by atoms with E-state index in [2.05, 4.69) is 26.1 Å². The van der Waals surface area contributed by atoms with E-state index < -0.39 is 0 Å². The van der Waals surface area contributed by atoms with Crippen LogP contribution in [0, 0.1) is 0 Å². The maximum absolute atomic E-state index is 12.3. The number of urea groups is 1. The molecule has 0 saturated carbocycles. The summed E-state index contributed by atoms with van der Waals surface area (Å²) in [6.45, 7) is 0.778. The smallest absolute Gasteiger partial charge is 0.324 e. The summed E-state index contributed by atoms with van der Waals surface area (Å²) < 4.78 is 2.07. The molecule has 6 nitrogen and oxygen atoms in total. The molecule has 1 aliphatic rings. The molecular formula is C12H15N5OS. The minimum Gasteiger partial charge on any atom is -0.353 e. The zero-order chi connectivity index (χ0) is 13.2. The van der Waals surface area contributed by atoms with E-state index in [-0.39, 0.29) is 12.1 Å². The molecule has 1 N–H and O–H groups in total. The van der Waals surface area contributed by atoms with Gasteiger partial charge in [0.2, 0.25) is 5.13 Å². The Morgan fingerprint density at radius 2 is 2.47 bits per heavy atom. The van der Waals surface area contributed by atoms with Gasteiger partial charge in [0, 0.05) is 25.5 Å². The maximum atomic E-state index is 12.3. The second kappa shape index (κ2) is 5.00. The van der Waals surface area contributed by atoms with Gasteiger partial charge in [-0.2, -0.15) is 0 Å². The molecule has 0 unspecified atom stereocenters. The minimum atomic E-state index is -0.0968. The first kappa shape index (κ1) is 12.2. The normalized spacial score (nSPS) is 18.8. The molecule has 7 heteroatoms. The molecule has 3 rings (SSSR count). The van der Waals surface area contributed by atoms with Gasteiger partial charge in [0.05, 0.1) is 6.04 Å². The monoisotopic (exact) mass is 277 g/mol. The summed E-state index contributed by atoms with van der Waals surface area (Å²) in [4.78, 5) is 14.1. The highest BCUT2D eigenvalue weighted by molar-refractivity contribution is 7.13. The van der Waals surface area contributed by atoms with E-state index in [1.165, 1.54) is 17.0 Å². The number of carbonyl (C=O) groups excluding carboxylic acids is 1. The quantitative estimate of drug-likeness (QED) is 0.915. The average Bonchev–Trinajstić information content (AvgIpc) is 3.07. The minimum absolute atomic E-state index is 0.0968. The highest BCUT2D eigenvalue weighted by Crippen LogP contribution is 2.32. The summed E-state index contributed by atoms with van der Waals surface area (Å²) in [6.07, 6.45) is 4.04. The van der Waals surface area contributed by atoms with Crippen molar-refractivity contribution in [2.75, 3.05) is 11.9 Å². The van der Waals surface area contributed by atoms with Gasteiger partial charge in [-0.1, -0.05) is 11.3 Å². The van der Waals surface area contributed by atoms with Crippen molar-refractivity contribution < 1.29 is 4.79 Å². The molecule has 1 saturated heterocycles. The van der Waals surface area contributed by atoms with E-state index in [0.717, 1.165) is 19.4 Å². The molecule has 1 aliphatic heterocycles. The number of anilines is 1. The second-order valence-corrected chi connectivity index (χ2v) is 5.40. The Hall–Kier alpha value is -1.89. The fourth-order valence-corrected chi connectivity index (χ4v) is 2.96. The molecule has 1 fully saturated rings. The highest BCUT2D eigenvalue weighted by atomic mass is 32.1. The van der Waals surface area contributed by atoms with Crippen LogP contribution in [0.2, 0.25) is 0 Å². The zero-order valence-corrected chi connectivity index (χ0v) is 11.4. The number of likely N-dealkylation sites (tertiary alicyclic amines) is 1. The lowest BCUT2D eigenvalue weighted by molar-refractivity contribution is 0.205. The Bertz CT molecular complexity index is 564. The summed E-state index contributed by atoms with van der Waals surface area (Å²) in [5, 5.41) is 10.9. The molecule has 1 atom stereocenters. The van der Waals surface area contributed by atoms with Crippen molar-refractivity contribution in [2.24, 2.45) is 7.05 Å². The number of hydrogen-bond acceptors (Lipinski definition) is 4. The predicted octanol–water partition coefficient (Wildman–Crippen LogP) is 2.25. The average molecular weight is 277 g/mol. The summed E-state index contributed by atoms with van der Waals surface area (Å²) >= 11 is 1.33. The number of hydrogen-bond donors (Lipinski definition) is 1. The molecule has 0 spiro atoms. The van der Waals surface area contributed by atoms with Crippen molar-refractivity contribution in [3.8, 4) is 0 Å². The topological polar surface area (TPSA) is 63.1 Å². The van der Waals surface area contributed by atoms with Crippen LogP contribution in [-0.4, -0.2) is 32.2 Å². The summed E-state index contributed by atoms with van der Waals surface area (Å²) in [5.41, 5.74) is 2.78. The van der Waals surface area contributed by atoms with Crippen LogP contribution in [0.25, 0.3) is 0 Å². The van der Waals surface area contributed by atoms with Gasteiger partial charge in [0.1, 0.15) is 5.51 Å². The van der Waals surface area contributed by atoms with E-state index in [1.54, 1.807) is 5.51 Å². The Labute approximate surface area is 115 Å². The van der Waals surface area contributed by atoms with Crippen LogP contribution in [0.4, 0.5) is 9.93 Å².